The van der Waals surface area contributed by atoms with Crippen LogP contribution in [0.5, 0.6) is 0 Å². The molecule has 0 fully saturated rings. The monoisotopic (exact) mass is 701 g/mol. The van der Waals surface area contributed by atoms with E-state index < -0.39 is 0 Å². The normalized spacial score (nSPS) is 11.3. The fourth-order valence-electron chi connectivity index (χ4n) is 7.81. The number of para-hydroxylation sites is 3. The molecule has 2 heterocycles. The second kappa shape index (κ2) is 13.9. The second-order valence-corrected chi connectivity index (χ2v) is 13.8. The zero-order chi connectivity index (χ0) is 36.6. The maximum Gasteiger partial charge on any atom is 0.0956 e. The predicted octanol–water partition coefficient (Wildman–Crippen LogP) is 14.1. The number of nitrogens with zero attached hydrogens (tertiary/aromatic N) is 3. The van der Waals surface area contributed by atoms with E-state index in [4.69, 9.17) is 9.97 Å². The minimum absolute atomic E-state index is 0.951. The first-order valence-electron chi connectivity index (χ1n) is 18.7. The number of benzene rings is 8. The van der Waals surface area contributed by atoms with Gasteiger partial charge in [-0.2, -0.15) is 0 Å². The van der Waals surface area contributed by atoms with Crippen LogP contribution in [0.15, 0.2) is 212 Å². The van der Waals surface area contributed by atoms with Gasteiger partial charge >= 0.3 is 0 Å². The molecule has 3 nitrogen and oxygen atoms in total. The summed E-state index contributed by atoms with van der Waals surface area (Å²) in [4.78, 5) is 13.0. The highest BCUT2D eigenvalue weighted by atomic mass is 15.1. The highest BCUT2D eigenvalue weighted by Crippen LogP contribution is 2.44. The van der Waals surface area contributed by atoms with E-state index in [0.717, 1.165) is 78.3 Å². The lowest BCUT2D eigenvalue weighted by Crippen LogP contribution is -2.11. The van der Waals surface area contributed by atoms with Gasteiger partial charge in [0.25, 0.3) is 0 Å². The fourth-order valence-corrected chi connectivity index (χ4v) is 7.81. The first-order valence-corrected chi connectivity index (χ1v) is 18.7. The van der Waals surface area contributed by atoms with Crippen molar-refractivity contribution in [2.24, 2.45) is 0 Å². The van der Waals surface area contributed by atoms with Crippen molar-refractivity contribution in [3.8, 4) is 44.9 Å². The zero-order valence-electron chi connectivity index (χ0n) is 30.0. The standard InChI is InChI=1S/C52H35N3/c1-6-17-36(18-7-1)47-34-41(35-48(53-47)37-19-8-2-9-20-37)39-29-31-44-40(33-39)30-32-46-50(44)45-27-16-28-49(52(45)54-51(46)38-21-10-3-11-22-38)55(42-23-12-4-13-24-42)43-25-14-5-15-26-43/h1-35H. The fraction of sp³-hybridized carbons (Fsp3) is 0. The minimum atomic E-state index is 0.951. The molecule has 0 unspecified atom stereocenters. The predicted molar refractivity (Wildman–Crippen MR) is 231 cm³/mol. The molecule has 10 rings (SSSR count). The first kappa shape index (κ1) is 32.3. The highest BCUT2D eigenvalue weighted by molar-refractivity contribution is 6.24. The third kappa shape index (κ3) is 5.98. The van der Waals surface area contributed by atoms with E-state index >= 15 is 0 Å². The van der Waals surface area contributed by atoms with Crippen molar-refractivity contribution in [1.29, 1.82) is 0 Å². The second-order valence-electron chi connectivity index (χ2n) is 13.8. The Morgan fingerprint density at radius 2 is 0.855 bits per heavy atom. The third-order valence-corrected chi connectivity index (χ3v) is 10.4. The molecule has 55 heavy (non-hydrogen) atoms. The molecule has 0 saturated heterocycles. The van der Waals surface area contributed by atoms with Crippen LogP contribution in [-0.4, -0.2) is 9.97 Å². The SMILES string of the molecule is c1ccc(-c2cc(-c3ccc4c(ccc5c(-c6ccccc6)nc6c(N(c7ccccc7)c7ccccc7)cccc6c54)c3)cc(-c3ccccc3)n2)cc1. The van der Waals surface area contributed by atoms with Gasteiger partial charge in [0.15, 0.2) is 0 Å². The van der Waals surface area contributed by atoms with E-state index in [-0.39, 0.29) is 0 Å². The van der Waals surface area contributed by atoms with E-state index in [9.17, 15) is 0 Å². The van der Waals surface area contributed by atoms with Crippen LogP contribution in [0.2, 0.25) is 0 Å². The van der Waals surface area contributed by atoms with Crippen molar-refractivity contribution in [3.63, 3.8) is 0 Å². The van der Waals surface area contributed by atoms with Crippen LogP contribution >= 0.6 is 0 Å². The smallest absolute Gasteiger partial charge is 0.0956 e. The summed E-state index contributed by atoms with van der Waals surface area (Å²) < 4.78 is 0. The van der Waals surface area contributed by atoms with Gasteiger partial charge in [0.1, 0.15) is 0 Å². The van der Waals surface area contributed by atoms with Crippen LogP contribution in [-0.2, 0) is 0 Å². The van der Waals surface area contributed by atoms with Gasteiger partial charge in [-0.25, -0.2) is 9.97 Å². The van der Waals surface area contributed by atoms with Crippen molar-refractivity contribution in [2.75, 3.05) is 4.90 Å². The van der Waals surface area contributed by atoms with Crippen molar-refractivity contribution in [1.82, 2.24) is 9.97 Å². The van der Waals surface area contributed by atoms with Crippen molar-refractivity contribution >= 4 is 49.5 Å². The molecule has 0 aliphatic carbocycles. The molecule has 0 amide bonds. The number of fused-ring (bicyclic) bond motifs is 5. The van der Waals surface area contributed by atoms with Crippen LogP contribution < -0.4 is 4.90 Å². The van der Waals surface area contributed by atoms with Gasteiger partial charge in [0, 0.05) is 44.2 Å². The minimum Gasteiger partial charge on any atom is -0.308 e. The largest absolute Gasteiger partial charge is 0.308 e. The van der Waals surface area contributed by atoms with Crippen LogP contribution in [0.3, 0.4) is 0 Å². The van der Waals surface area contributed by atoms with E-state index in [1.807, 2.05) is 12.1 Å². The summed E-state index contributed by atoms with van der Waals surface area (Å²) in [5.41, 5.74) is 12.6. The lowest BCUT2D eigenvalue weighted by molar-refractivity contribution is 1.28. The zero-order valence-corrected chi connectivity index (χ0v) is 30.0. The third-order valence-electron chi connectivity index (χ3n) is 10.4. The lowest BCUT2D eigenvalue weighted by atomic mass is 9.92. The number of rotatable bonds is 7. The van der Waals surface area contributed by atoms with Gasteiger partial charge < -0.3 is 4.90 Å². The molecule has 0 N–H and O–H groups in total. The topological polar surface area (TPSA) is 29.0 Å². The molecular formula is C52H35N3. The average Bonchev–Trinajstić information content (AvgIpc) is 3.27. The summed E-state index contributed by atoms with van der Waals surface area (Å²) in [6, 6.07) is 75.0. The molecule has 0 saturated carbocycles. The summed E-state index contributed by atoms with van der Waals surface area (Å²) in [7, 11) is 0. The van der Waals surface area contributed by atoms with Gasteiger partial charge in [0.2, 0.25) is 0 Å². The quantitative estimate of drug-likeness (QED) is 0.155. The molecule has 0 aliphatic heterocycles. The van der Waals surface area contributed by atoms with Crippen LogP contribution in [0, 0.1) is 0 Å². The number of hydrogen-bond acceptors (Lipinski definition) is 3. The summed E-state index contributed by atoms with van der Waals surface area (Å²) in [6.45, 7) is 0. The molecule has 0 bridgehead atoms. The molecule has 10 aromatic rings. The maximum atomic E-state index is 5.55. The average molecular weight is 702 g/mol. The first-order chi connectivity index (χ1) is 27.3. The van der Waals surface area contributed by atoms with Crippen LogP contribution in [0.4, 0.5) is 17.1 Å². The Hall–Kier alpha value is -7.36. The number of aromatic nitrogens is 2. The van der Waals surface area contributed by atoms with E-state index in [1.165, 1.54) is 16.2 Å². The number of anilines is 3. The molecule has 0 spiro atoms. The van der Waals surface area contributed by atoms with E-state index in [1.54, 1.807) is 0 Å². The Morgan fingerprint density at radius 3 is 1.44 bits per heavy atom. The summed E-state index contributed by atoms with van der Waals surface area (Å²) in [5, 5.41) is 5.80. The molecule has 0 atom stereocenters. The highest BCUT2D eigenvalue weighted by Gasteiger charge is 2.20. The van der Waals surface area contributed by atoms with Gasteiger partial charge in [-0.1, -0.05) is 164 Å². The van der Waals surface area contributed by atoms with E-state index in [2.05, 4.69) is 205 Å². The maximum absolute atomic E-state index is 5.55. The summed E-state index contributed by atoms with van der Waals surface area (Å²) in [5.74, 6) is 0. The number of pyridine rings is 2. The molecule has 3 heteroatoms. The summed E-state index contributed by atoms with van der Waals surface area (Å²) >= 11 is 0. The molecule has 0 aliphatic rings. The summed E-state index contributed by atoms with van der Waals surface area (Å²) in [6.07, 6.45) is 0. The van der Waals surface area contributed by atoms with Gasteiger partial charge in [-0.3, -0.25) is 0 Å². The van der Waals surface area contributed by atoms with Crippen molar-refractivity contribution in [2.45, 2.75) is 0 Å². The Kier molecular flexibility index (Phi) is 8.16. The lowest BCUT2D eigenvalue weighted by Gasteiger charge is -2.27. The molecule has 2 aromatic heterocycles. The Morgan fingerprint density at radius 1 is 0.327 bits per heavy atom. The van der Waals surface area contributed by atoms with Crippen LogP contribution in [0.25, 0.3) is 77.3 Å². The van der Waals surface area contributed by atoms with Gasteiger partial charge in [-0.15, -0.1) is 0 Å². The van der Waals surface area contributed by atoms with Crippen molar-refractivity contribution < 1.29 is 0 Å². The van der Waals surface area contributed by atoms with Crippen molar-refractivity contribution in [3.05, 3.63) is 212 Å². The Bertz CT molecular complexity index is 2850. The Labute approximate surface area is 320 Å². The van der Waals surface area contributed by atoms with Crippen LogP contribution in [0.1, 0.15) is 0 Å². The van der Waals surface area contributed by atoms with E-state index in [0.29, 0.717) is 0 Å². The molecule has 258 valence electrons. The van der Waals surface area contributed by atoms with Gasteiger partial charge in [-0.05, 0) is 70.4 Å². The molecular weight excluding hydrogens is 667 g/mol. The number of hydrogen-bond donors (Lipinski definition) is 0. The Balaban J connectivity index is 1.22. The molecule has 8 aromatic carbocycles. The molecule has 0 radical (unpaired) electrons. The van der Waals surface area contributed by atoms with Gasteiger partial charge in [0.05, 0.1) is 28.3 Å².